The van der Waals surface area contributed by atoms with E-state index < -0.39 is 55.3 Å². The number of nitrogens with one attached hydrogen (secondary N) is 2. The lowest BCUT2D eigenvalue weighted by molar-refractivity contribution is -0.158. The SMILES string of the molecule is CC(C)(C)OC(=O)COc1cccc2c1CCCCC2NS(=O)(=O)c1ccc(Br)cn1.CC(C)c1cccc(-c2ccc(S(=O)(=O)NC3CCCCc4c(OCC(=O)OC(C)(C)C)cccc43)nc2)c1. The van der Waals surface area contributed by atoms with E-state index in [0.29, 0.717) is 34.7 Å². The van der Waals surface area contributed by atoms with Crippen LogP contribution in [0.1, 0.15) is 140 Å². The smallest absolute Gasteiger partial charge is 0.344 e. The fourth-order valence-corrected chi connectivity index (χ4v) is 10.9. The van der Waals surface area contributed by atoms with E-state index in [2.05, 4.69) is 61.3 Å². The molecule has 7 rings (SSSR count). The van der Waals surface area contributed by atoms with Crippen molar-refractivity contribution in [1.29, 1.82) is 0 Å². The van der Waals surface area contributed by atoms with E-state index in [-0.39, 0.29) is 23.3 Å². The van der Waals surface area contributed by atoms with Crippen LogP contribution in [0.25, 0.3) is 11.1 Å². The number of rotatable bonds is 14. The van der Waals surface area contributed by atoms with E-state index >= 15 is 0 Å². The van der Waals surface area contributed by atoms with Gasteiger partial charge in [0, 0.05) is 34.5 Å². The molecule has 0 aliphatic heterocycles. The molecule has 17 heteroatoms. The lowest BCUT2D eigenvalue weighted by Gasteiger charge is -2.22. The first-order valence-electron chi connectivity index (χ1n) is 23.6. The average molecular weight is 1060 g/mol. The molecule has 2 aromatic heterocycles. The highest BCUT2D eigenvalue weighted by Crippen LogP contribution is 2.37. The highest BCUT2D eigenvalue weighted by atomic mass is 79.9. The van der Waals surface area contributed by atoms with Gasteiger partial charge in [0.25, 0.3) is 20.0 Å². The number of ether oxygens (including phenoxy) is 4. The van der Waals surface area contributed by atoms with Crippen molar-refractivity contribution in [2.24, 2.45) is 0 Å². The van der Waals surface area contributed by atoms with Gasteiger partial charge in [-0.2, -0.15) is 0 Å². The maximum Gasteiger partial charge on any atom is 0.344 e. The molecule has 0 fully saturated rings. The summed E-state index contributed by atoms with van der Waals surface area (Å²) in [6.45, 7) is 14.7. The van der Waals surface area contributed by atoms with Crippen LogP contribution >= 0.6 is 15.9 Å². The Labute approximate surface area is 421 Å². The van der Waals surface area contributed by atoms with Crippen LogP contribution < -0.4 is 18.9 Å². The number of pyridine rings is 2. The van der Waals surface area contributed by atoms with Crippen molar-refractivity contribution in [2.75, 3.05) is 13.2 Å². The van der Waals surface area contributed by atoms with Crippen molar-refractivity contribution in [3.05, 3.63) is 130 Å². The second kappa shape index (κ2) is 23.4. The molecule has 3 aromatic carbocycles. The number of sulfonamides is 2. The number of carbonyl (C=O) groups is 2. The summed E-state index contributed by atoms with van der Waals surface area (Å²) in [6.07, 6.45) is 9.37. The van der Waals surface area contributed by atoms with Gasteiger partial charge in [-0.3, -0.25) is 0 Å². The zero-order valence-corrected chi connectivity index (χ0v) is 44.4. The number of esters is 2. The maximum absolute atomic E-state index is 13.4. The predicted octanol–water partition coefficient (Wildman–Crippen LogP) is 10.6. The number of hydrogen-bond acceptors (Lipinski definition) is 12. The number of fused-ring (bicyclic) bond motifs is 2. The Hall–Kier alpha value is -5.20. The summed E-state index contributed by atoms with van der Waals surface area (Å²) in [5.41, 5.74) is 5.46. The molecule has 0 radical (unpaired) electrons. The molecule has 376 valence electrons. The summed E-state index contributed by atoms with van der Waals surface area (Å²) in [7, 11) is -7.67. The first-order chi connectivity index (χ1) is 33.0. The third-order valence-electron chi connectivity index (χ3n) is 11.4. The summed E-state index contributed by atoms with van der Waals surface area (Å²) in [5.74, 6) is 0.660. The zero-order valence-electron chi connectivity index (χ0n) is 41.2. The molecular formula is C53H65BrN4O10S2. The fourth-order valence-electron chi connectivity index (χ4n) is 8.30. The van der Waals surface area contributed by atoms with Gasteiger partial charge in [0.05, 0.1) is 0 Å². The number of aromatic nitrogens is 2. The summed E-state index contributed by atoms with van der Waals surface area (Å²) in [4.78, 5) is 32.6. The van der Waals surface area contributed by atoms with Crippen LogP contribution in [0.3, 0.4) is 0 Å². The number of nitrogens with zero attached hydrogens (tertiary/aromatic N) is 2. The Balaban J connectivity index is 0.000000236. The molecule has 70 heavy (non-hydrogen) atoms. The van der Waals surface area contributed by atoms with Crippen LogP contribution in [0, 0.1) is 0 Å². The molecule has 2 aliphatic rings. The molecule has 0 amide bonds. The van der Waals surface area contributed by atoms with Crippen LogP contribution in [0.5, 0.6) is 11.5 Å². The van der Waals surface area contributed by atoms with Gasteiger partial charge in [0.2, 0.25) is 0 Å². The minimum Gasteiger partial charge on any atom is -0.482 e. The third-order valence-corrected chi connectivity index (χ3v) is 14.7. The number of halogens is 1. The molecule has 0 saturated carbocycles. The van der Waals surface area contributed by atoms with E-state index in [4.69, 9.17) is 18.9 Å². The Bertz CT molecular complexity index is 2830. The van der Waals surface area contributed by atoms with Crippen molar-refractivity contribution >= 4 is 47.9 Å². The van der Waals surface area contributed by atoms with Crippen molar-refractivity contribution in [3.8, 4) is 22.6 Å². The molecular weight excluding hydrogens is 997 g/mol. The Kier molecular flexibility index (Phi) is 18.1. The Morgan fingerprint density at radius 2 is 1.10 bits per heavy atom. The molecule has 0 saturated heterocycles. The van der Waals surface area contributed by atoms with Crippen LogP contribution in [0.2, 0.25) is 0 Å². The molecule has 0 bridgehead atoms. The first-order valence-corrected chi connectivity index (χ1v) is 27.4. The van der Waals surface area contributed by atoms with Crippen LogP contribution in [-0.4, -0.2) is 63.2 Å². The van der Waals surface area contributed by atoms with Gasteiger partial charge in [-0.25, -0.2) is 45.8 Å². The van der Waals surface area contributed by atoms with Crippen LogP contribution in [0.4, 0.5) is 0 Å². The van der Waals surface area contributed by atoms with Gasteiger partial charge in [-0.1, -0.05) is 75.2 Å². The average Bonchev–Trinajstić information content (AvgIpc) is 3.63. The molecule has 14 nitrogen and oxygen atoms in total. The lowest BCUT2D eigenvalue weighted by Crippen LogP contribution is -2.30. The fraction of sp³-hybridized carbons (Fsp3) is 0.434. The molecule has 2 aliphatic carbocycles. The van der Waals surface area contributed by atoms with Crippen LogP contribution in [0.15, 0.2) is 112 Å². The number of carbonyl (C=O) groups excluding carboxylic acids is 2. The van der Waals surface area contributed by atoms with Crippen LogP contribution in [-0.2, 0) is 52.0 Å². The standard InChI is InChI=1S/C31H38N2O5S.C22H27BrN2O5S/c1-21(2)22-10-8-11-23(18-22)24-16-17-29(32-19-24)39(35,36)33-27-14-7-6-12-26-25(27)13-9-15-28(26)37-20-30(34)38-31(3,4)5;1-22(2,3)30-21(26)14-29-19-10-6-8-16-17(19)7-4-5-9-18(16)25-31(27,28)20-12-11-15(23)13-24-20/h8-11,13,15-19,21,27,33H,6-7,12,14,20H2,1-5H3;6,8,10-13,18,25H,4-5,7,9,14H2,1-3H3. The summed E-state index contributed by atoms with van der Waals surface area (Å²) in [5, 5.41) is -0.0479. The van der Waals surface area contributed by atoms with Crippen molar-refractivity contribution < 1.29 is 45.4 Å². The molecule has 2 atom stereocenters. The van der Waals surface area contributed by atoms with Gasteiger partial charge in [0.15, 0.2) is 23.3 Å². The quantitative estimate of drug-likeness (QED) is 0.0792. The highest BCUT2D eigenvalue weighted by molar-refractivity contribution is 9.10. The lowest BCUT2D eigenvalue weighted by atomic mass is 9.98. The summed E-state index contributed by atoms with van der Waals surface area (Å²) >= 11 is 3.27. The van der Waals surface area contributed by atoms with Crippen molar-refractivity contribution in [2.45, 2.75) is 146 Å². The molecule has 2 N–H and O–H groups in total. The Morgan fingerprint density at radius 1 is 0.629 bits per heavy atom. The summed E-state index contributed by atoms with van der Waals surface area (Å²) in [6, 6.07) is 24.9. The van der Waals surface area contributed by atoms with Gasteiger partial charge in [0.1, 0.15) is 22.7 Å². The monoisotopic (exact) mass is 1060 g/mol. The van der Waals surface area contributed by atoms with E-state index in [9.17, 15) is 26.4 Å². The molecule has 2 heterocycles. The molecule has 2 unspecified atom stereocenters. The minimum atomic E-state index is -3.87. The number of benzene rings is 3. The summed E-state index contributed by atoms with van der Waals surface area (Å²) < 4.78 is 81.2. The predicted molar refractivity (Wildman–Crippen MR) is 272 cm³/mol. The third kappa shape index (κ3) is 15.4. The van der Waals surface area contributed by atoms with E-state index in [0.717, 1.165) is 71.9 Å². The number of hydrogen-bond donors (Lipinski definition) is 2. The van der Waals surface area contributed by atoms with Gasteiger partial charge in [-0.05, 0) is 172 Å². The first kappa shape index (κ1) is 54.1. The van der Waals surface area contributed by atoms with Gasteiger partial charge in [-0.15, -0.1) is 0 Å². The van der Waals surface area contributed by atoms with Crippen molar-refractivity contribution in [3.63, 3.8) is 0 Å². The highest BCUT2D eigenvalue weighted by Gasteiger charge is 2.30. The largest absolute Gasteiger partial charge is 0.482 e. The second-order valence-corrected chi connectivity index (χ2v) is 24.0. The maximum atomic E-state index is 13.4. The van der Waals surface area contributed by atoms with Crippen molar-refractivity contribution in [1.82, 2.24) is 19.4 Å². The van der Waals surface area contributed by atoms with E-state index in [1.165, 1.54) is 17.8 Å². The second-order valence-electron chi connectivity index (χ2n) is 19.7. The normalized spacial score (nSPS) is 16.3. The zero-order chi connectivity index (χ0) is 50.9. The molecule has 0 spiro atoms. The van der Waals surface area contributed by atoms with E-state index in [1.807, 2.05) is 63.2 Å². The molecule has 5 aromatic rings. The minimum absolute atomic E-state index is 0.0191. The van der Waals surface area contributed by atoms with E-state index in [1.54, 1.807) is 51.2 Å². The Morgan fingerprint density at radius 3 is 1.53 bits per heavy atom. The van der Waals surface area contributed by atoms with Gasteiger partial charge >= 0.3 is 11.9 Å². The topological polar surface area (TPSA) is 189 Å². The van der Waals surface area contributed by atoms with Gasteiger partial charge < -0.3 is 18.9 Å².